The Morgan fingerprint density at radius 1 is 0.746 bits per heavy atom. The van der Waals surface area contributed by atoms with Crippen molar-refractivity contribution in [2.75, 3.05) is 0 Å². The molecular weight excluding hydrogens is 769 g/mol. The van der Waals surface area contributed by atoms with Gasteiger partial charge in [0, 0.05) is 40.9 Å². The normalized spacial score (nSPS) is 32.2. The Hall–Kier alpha value is -5.39. The summed E-state index contributed by atoms with van der Waals surface area (Å²) in [4.78, 5) is 5.78. The third-order valence-corrected chi connectivity index (χ3v) is 15.8. The second-order valence-electron chi connectivity index (χ2n) is 19.6. The molecular formula is C58H62N4O. The van der Waals surface area contributed by atoms with Crippen LogP contribution < -0.4 is 10.6 Å². The minimum Gasteiger partial charge on any atom is -0.493 e. The fourth-order valence-electron chi connectivity index (χ4n) is 12.7. The highest BCUT2D eigenvalue weighted by Crippen LogP contribution is 2.50. The summed E-state index contributed by atoms with van der Waals surface area (Å²) in [5.41, 5.74) is 15.5. The molecule has 8 atom stereocenters. The zero-order valence-electron chi connectivity index (χ0n) is 36.9. The van der Waals surface area contributed by atoms with Gasteiger partial charge in [0.15, 0.2) is 0 Å². The van der Waals surface area contributed by atoms with Crippen LogP contribution in [0, 0.1) is 23.7 Å². The zero-order valence-corrected chi connectivity index (χ0v) is 36.9. The van der Waals surface area contributed by atoms with Crippen LogP contribution in [-0.4, -0.2) is 28.8 Å². The molecule has 12 rings (SSSR count). The van der Waals surface area contributed by atoms with Gasteiger partial charge in [0.2, 0.25) is 0 Å². The third kappa shape index (κ3) is 7.15. The molecule has 0 fully saturated rings. The van der Waals surface area contributed by atoms with E-state index in [1.807, 2.05) is 0 Å². The van der Waals surface area contributed by atoms with E-state index < -0.39 is 0 Å². The van der Waals surface area contributed by atoms with Crippen molar-refractivity contribution in [3.8, 4) is 0 Å². The van der Waals surface area contributed by atoms with E-state index in [-0.39, 0.29) is 30.4 Å². The molecule has 0 spiro atoms. The van der Waals surface area contributed by atoms with Crippen molar-refractivity contribution in [3.63, 3.8) is 0 Å². The van der Waals surface area contributed by atoms with Gasteiger partial charge in [0.1, 0.15) is 30.0 Å². The quantitative estimate of drug-likeness (QED) is 0.273. The maximum absolute atomic E-state index is 6.82. The van der Waals surface area contributed by atoms with E-state index in [1.165, 1.54) is 85.3 Å². The molecule has 0 bridgehead atoms. The van der Waals surface area contributed by atoms with Crippen LogP contribution >= 0.6 is 0 Å². The molecule has 0 radical (unpaired) electrons. The topological polar surface area (TPSA) is 50.6 Å². The number of rotatable bonds is 7. The number of aliphatic imine (C=N–C) groups is 1. The summed E-state index contributed by atoms with van der Waals surface area (Å²) < 4.78 is 9.62. The number of amidine groups is 1. The van der Waals surface area contributed by atoms with Crippen molar-refractivity contribution in [1.82, 2.24) is 15.2 Å². The average molecular weight is 831 g/mol. The van der Waals surface area contributed by atoms with E-state index in [0.29, 0.717) is 17.8 Å². The first-order valence-corrected chi connectivity index (χ1v) is 24.5. The summed E-state index contributed by atoms with van der Waals surface area (Å²) in [6.45, 7) is 2.50. The number of para-hydroxylation sites is 1. The predicted octanol–water partition coefficient (Wildman–Crippen LogP) is 12.7. The number of allylic oxidation sites excluding steroid dienone is 21. The molecule has 8 unspecified atom stereocenters. The van der Waals surface area contributed by atoms with E-state index >= 15 is 0 Å². The highest BCUT2D eigenvalue weighted by Gasteiger charge is 2.45. The molecule has 10 aliphatic rings. The highest BCUT2D eigenvalue weighted by molar-refractivity contribution is 6.02. The Morgan fingerprint density at radius 3 is 2.44 bits per heavy atom. The van der Waals surface area contributed by atoms with E-state index in [4.69, 9.17) is 9.73 Å². The second kappa shape index (κ2) is 16.6. The van der Waals surface area contributed by atoms with Crippen LogP contribution in [-0.2, 0) is 17.6 Å². The second-order valence-corrected chi connectivity index (χ2v) is 19.6. The molecule has 5 heteroatoms. The number of ether oxygens (including phenoxy) is 1. The smallest absolute Gasteiger partial charge is 0.131 e. The molecule has 63 heavy (non-hydrogen) atoms. The number of nitrogens with zero attached hydrogens (tertiary/aromatic N) is 2. The molecule has 320 valence electrons. The average Bonchev–Trinajstić information content (AvgIpc) is 3.88. The molecule has 0 saturated carbocycles. The number of fused-ring (bicyclic) bond motifs is 5. The number of aromatic nitrogens is 1. The largest absolute Gasteiger partial charge is 0.493 e. The van der Waals surface area contributed by atoms with Crippen molar-refractivity contribution in [1.29, 1.82) is 0 Å². The highest BCUT2D eigenvalue weighted by atomic mass is 16.5. The van der Waals surface area contributed by atoms with Crippen LogP contribution in [0.15, 0.2) is 183 Å². The van der Waals surface area contributed by atoms with Crippen LogP contribution in [0.4, 0.5) is 0 Å². The standard InChI is InChI=1S/C58H62N4O/c1-37-32-43(47-33-42(38-18-6-2-7-19-38)30-31-44(47)39-20-8-3-9-21-39)34-50(58-60-56(40-22-10-4-11-23-40)59-57(61-58)41-24-12-5-13-25-41)55(37)62-51-28-16-14-26-45(51)48-36-54-49(35-52(48)62)46-27-15-17-29-53(46)63-54/h3,6,8-10,14-16,18-20,22-24,26-28,30,32-34,37,39,44,49,54-55,57-58,61H,2,4-5,7,11-13,17,21,25,29,31,35-36H2,1H3,(H,59,60). The summed E-state index contributed by atoms with van der Waals surface area (Å²) in [5, 5.41) is 9.54. The predicted molar refractivity (Wildman–Crippen MR) is 259 cm³/mol. The van der Waals surface area contributed by atoms with Gasteiger partial charge in [-0.25, -0.2) is 4.99 Å². The summed E-state index contributed by atoms with van der Waals surface area (Å²) in [6.07, 6.45) is 56.5. The molecule has 2 aromatic rings. The van der Waals surface area contributed by atoms with Crippen molar-refractivity contribution < 1.29 is 4.74 Å². The van der Waals surface area contributed by atoms with Gasteiger partial charge in [-0.1, -0.05) is 128 Å². The lowest BCUT2D eigenvalue weighted by molar-refractivity contribution is 0.101. The molecule has 2 N–H and O–H groups in total. The van der Waals surface area contributed by atoms with Gasteiger partial charge in [-0.2, -0.15) is 0 Å². The monoisotopic (exact) mass is 830 g/mol. The van der Waals surface area contributed by atoms with Crippen LogP contribution in [0.5, 0.6) is 0 Å². The van der Waals surface area contributed by atoms with Crippen LogP contribution in [0.25, 0.3) is 10.9 Å². The summed E-state index contributed by atoms with van der Waals surface area (Å²) >= 11 is 0. The van der Waals surface area contributed by atoms with E-state index in [9.17, 15) is 0 Å². The van der Waals surface area contributed by atoms with Crippen molar-refractivity contribution in [2.45, 2.75) is 121 Å². The van der Waals surface area contributed by atoms with Crippen molar-refractivity contribution in [2.24, 2.45) is 28.7 Å². The first-order chi connectivity index (χ1) is 31.1. The lowest BCUT2D eigenvalue weighted by atomic mass is 9.71. The summed E-state index contributed by atoms with van der Waals surface area (Å²) in [7, 11) is 0. The van der Waals surface area contributed by atoms with Gasteiger partial charge in [0.25, 0.3) is 0 Å². The van der Waals surface area contributed by atoms with Crippen LogP contribution in [0.3, 0.4) is 0 Å². The number of hydrogen-bond acceptors (Lipinski definition) is 4. The molecule has 1 aromatic heterocycles. The van der Waals surface area contributed by atoms with Gasteiger partial charge in [0.05, 0.1) is 6.04 Å². The Morgan fingerprint density at radius 2 is 1.62 bits per heavy atom. The number of nitrogens with one attached hydrogen (secondary N) is 2. The van der Waals surface area contributed by atoms with Crippen LogP contribution in [0.2, 0.25) is 0 Å². The zero-order chi connectivity index (χ0) is 41.9. The van der Waals surface area contributed by atoms with Gasteiger partial charge in [-0.3, -0.25) is 5.32 Å². The van der Waals surface area contributed by atoms with Gasteiger partial charge < -0.3 is 14.6 Å². The third-order valence-electron chi connectivity index (χ3n) is 15.8. The SMILES string of the molecule is CC1C=C(C2=CC(C3=CCCC=C3)=CCC2C2C=CC=CC2)C=C(C2N=C(C3=CCCC=C3)NC(C3=CCCCC3)N2)C1n1c2c(c3ccccc31)CC1OC3=C(C=CCC3)C1C2. The fraction of sp³-hybridized carbons (Fsp3) is 0.397. The molecule has 0 saturated heterocycles. The van der Waals surface area contributed by atoms with E-state index in [0.717, 1.165) is 82.9 Å². The molecule has 1 aromatic carbocycles. The molecule has 0 amide bonds. The molecule has 3 heterocycles. The Bertz CT molecular complexity index is 2670. The Balaban J connectivity index is 1.04. The maximum atomic E-state index is 6.82. The number of hydrogen-bond donors (Lipinski definition) is 2. The van der Waals surface area contributed by atoms with E-state index in [1.54, 1.807) is 0 Å². The van der Waals surface area contributed by atoms with Gasteiger partial charge in [-0.15, -0.1) is 0 Å². The minimum atomic E-state index is -0.209. The first kappa shape index (κ1) is 39.2. The van der Waals surface area contributed by atoms with Crippen molar-refractivity contribution in [3.05, 3.63) is 189 Å². The minimum absolute atomic E-state index is 0.0285. The maximum Gasteiger partial charge on any atom is 0.131 e. The van der Waals surface area contributed by atoms with Gasteiger partial charge >= 0.3 is 0 Å². The van der Waals surface area contributed by atoms with Crippen LogP contribution in [0.1, 0.15) is 101 Å². The van der Waals surface area contributed by atoms with E-state index in [2.05, 4.69) is 150 Å². The van der Waals surface area contributed by atoms with Gasteiger partial charge in [-0.05, 0) is 145 Å². The molecule has 5 nitrogen and oxygen atoms in total. The number of benzene rings is 1. The molecule has 8 aliphatic carbocycles. The molecule has 2 aliphatic heterocycles. The lowest BCUT2D eigenvalue weighted by Gasteiger charge is -2.42. The Labute approximate surface area is 374 Å². The first-order valence-electron chi connectivity index (χ1n) is 24.5. The fourth-order valence-corrected chi connectivity index (χ4v) is 12.7. The summed E-state index contributed by atoms with van der Waals surface area (Å²) in [5.74, 6) is 3.74. The van der Waals surface area contributed by atoms with Crippen molar-refractivity contribution >= 4 is 16.7 Å². The summed E-state index contributed by atoms with van der Waals surface area (Å²) in [6, 6.07) is 9.34. The lowest BCUT2D eigenvalue weighted by Crippen LogP contribution is -2.56. The Kier molecular flexibility index (Phi) is 10.4.